The molecule has 0 saturated carbocycles. The van der Waals surface area contributed by atoms with Crippen molar-refractivity contribution in [2.75, 3.05) is 11.5 Å². The van der Waals surface area contributed by atoms with E-state index >= 15 is 0 Å². The van der Waals surface area contributed by atoms with Gasteiger partial charge >= 0.3 is 0 Å². The molecule has 0 fully saturated rings. The Morgan fingerprint density at radius 1 is 0.970 bits per heavy atom. The fourth-order valence-corrected chi connectivity index (χ4v) is 5.02. The van der Waals surface area contributed by atoms with Crippen LogP contribution in [0.1, 0.15) is 42.5 Å². The molecule has 0 amide bonds. The zero-order valence-corrected chi connectivity index (χ0v) is 19.8. The van der Waals surface area contributed by atoms with Gasteiger partial charge in [-0.15, -0.1) is 0 Å². The number of hydrogen-bond donors (Lipinski definition) is 1. The van der Waals surface area contributed by atoms with Crippen molar-refractivity contribution in [3.63, 3.8) is 0 Å². The van der Waals surface area contributed by atoms with Crippen LogP contribution in [-0.2, 0) is 21.8 Å². The summed E-state index contributed by atoms with van der Waals surface area (Å²) in [4.78, 5) is 13.3. The highest BCUT2D eigenvalue weighted by molar-refractivity contribution is 7.92. The number of nitrogens with two attached hydrogens (primary N) is 1. The normalized spacial score (nSPS) is 12.2. The van der Waals surface area contributed by atoms with Crippen molar-refractivity contribution in [3.05, 3.63) is 89.7 Å². The van der Waals surface area contributed by atoms with E-state index < -0.39 is 21.4 Å². The maximum atomic E-state index is 13.3. The van der Waals surface area contributed by atoms with Crippen molar-refractivity contribution in [2.24, 2.45) is 0 Å². The summed E-state index contributed by atoms with van der Waals surface area (Å²) in [5.41, 5.74) is 7.78. The molecule has 0 atom stereocenters. The number of fused-ring (bicyclic) bond motifs is 1. The van der Waals surface area contributed by atoms with Gasteiger partial charge in [-0.2, -0.15) is 5.10 Å². The average Bonchev–Trinajstić information content (AvgIpc) is 3.18. The third kappa shape index (κ3) is 4.83. The lowest BCUT2D eigenvalue weighted by Crippen LogP contribution is -2.20. The summed E-state index contributed by atoms with van der Waals surface area (Å²) in [6.07, 6.45) is 0. The van der Waals surface area contributed by atoms with Crippen LogP contribution in [0.3, 0.4) is 0 Å². The van der Waals surface area contributed by atoms with Gasteiger partial charge in [0.05, 0.1) is 17.1 Å². The summed E-state index contributed by atoms with van der Waals surface area (Å²) >= 11 is 0. The van der Waals surface area contributed by atoms with Crippen LogP contribution in [-0.4, -0.2) is 29.7 Å². The van der Waals surface area contributed by atoms with Crippen molar-refractivity contribution in [1.29, 1.82) is 0 Å². The zero-order chi connectivity index (χ0) is 23.8. The number of aromatic nitrogens is 2. The van der Waals surface area contributed by atoms with Crippen LogP contribution < -0.4 is 5.73 Å². The number of carbonyl (C=O) groups excluding carboxylic acids is 1. The number of ketones is 1. The predicted octanol–water partition coefficient (Wildman–Crippen LogP) is 4.62. The smallest absolute Gasteiger partial charge is 0.196 e. The Kier molecular flexibility index (Phi) is 5.84. The summed E-state index contributed by atoms with van der Waals surface area (Å²) in [7, 11) is -3.85. The lowest BCUT2D eigenvalue weighted by molar-refractivity contribution is 0.101. The van der Waals surface area contributed by atoms with E-state index in [1.54, 1.807) is 22.9 Å². The third-order valence-corrected chi connectivity index (χ3v) is 7.19. The van der Waals surface area contributed by atoms with Crippen LogP contribution in [0.2, 0.25) is 0 Å². The number of benzene rings is 3. The first-order chi connectivity index (χ1) is 15.5. The van der Waals surface area contributed by atoms with Crippen molar-refractivity contribution in [2.45, 2.75) is 37.6 Å². The van der Waals surface area contributed by atoms with Crippen LogP contribution in [0.15, 0.2) is 77.7 Å². The predicted molar refractivity (Wildman–Crippen MR) is 131 cm³/mol. The number of rotatable bonds is 6. The molecular weight excluding hydrogens is 434 g/mol. The Morgan fingerprint density at radius 2 is 1.67 bits per heavy atom. The molecule has 0 unspecified atom stereocenters. The van der Waals surface area contributed by atoms with E-state index in [1.807, 2.05) is 63.2 Å². The molecule has 0 aliphatic rings. The molecule has 170 valence electrons. The quantitative estimate of drug-likeness (QED) is 0.334. The SMILES string of the molecule is CC(C)(C)c1cc(C(=O)CS(=O)(=O)c2cccc(N)c2)n(Cc2cccc3ccccc23)n1. The fourth-order valence-electron chi connectivity index (χ4n) is 3.76. The Morgan fingerprint density at radius 3 is 2.39 bits per heavy atom. The molecule has 6 nitrogen and oxygen atoms in total. The first kappa shape index (κ1) is 22.7. The van der Waals surface area contributed by atoms with Crippen molar-refractivity contribution in [1.82, 2.24) is 9.78 Å². The summed E-state index contributed by atoms with van der Waals surface area (Å²) in [5, 5.41) is 6.86. The van der Waals surface area contributed by atoms with Crippen molar-refractivity contribution < 1.29 is 13.2 Å². The molecule has 0 bridgehead atoms. The van der Waals surface area contributed by atoms with Crippen LogP contribution in [0.25, 0.3) is 10.8 Å². The highest BCUT2D eigenvalue weighted by Crippen LogP contribution is 2.25. The number of nitrogens with zero attached hydrogens (tertiary/aromatic N) is 2. The monoisotopic (exact) mass is 461 g/mol. The third-order valence-electron chi connectivity index (χ3n) is 5.57. The average molecular weight is 462 g/mol. The van der Waals surface area contributed by atoms with Gasteiger partial charge in [0.15, 0.2) is 15.6 Å². The molecule has 4 aromatic rings. The fraction of sp³-hybridized carbons (Fsp3) is 0.231. The lowest BCUT2D eigenvalue weighted by Gasteiger charge is -2.14. The van der Waals surface area contributed by atoms with Crippen LogP contribution in [0, 0.1) is 0 Å². The van der Waals surface area contributed by atoms with Crippen LogP contribution in [0.4, 0.5) is 5.69 Å². The van der Waals surface area contributed by atoms with Crippen molar-refractivity contribution >= 4 is 32.1 Å². The Hall–Kier alpha value is -3.45. The number of hydrogen-bond acceptors (Lipinski definition) is 5. The standard InChI is InChI=1S/C26H27N3O3S/c1-26(2,3)25-15-23(24(30)17-33(31,32)21-12-7-11-20(27)14-21)29(28-25)16-19-10-6-9-18-8-4-5-13-22(18)19/h4-15H,16-17,27H2,1-3H3. The summed E-state index contributed by atoms with van der Waals surface area (Å²) in [5.74, 6) is -1.15. The topological polar surface area (TPSA) is 95.0 Å². The molecule has 0 spiro atoms. The van der Waals surface area contributed by atoms with Gasteiger partial charge in [0.25, 0.3) is 0 Å². The highest BCUT2D eigenvalue weighted by atomic mass is 32.2. The molecule has 0 radical (unpaired) electrons. The van der Waals surface area contributed by atoms with Crippen molar-refractivity contribution in [3.8, 4) is 0 Å². The number of carbonyl (C=O) groups is 1. The van der Waals surface area contributed by atoms with Gasteiger partial charge in [-0.1, -0.05) is 69.3 Å². The maximum absolute atomic E-state index is 13.3. The summed E-state index contributed by atoms with van der Waals surface area (Å²) < 4.78 is 27.4. The van der Waals surface area contributed by atoms with E-state index in [1.165, 1.54) is 12.1 Å². The minimum atomic E-state index is -3.85. The molecule has 3 aromatic carbocycles. The largest absolute Gasteiger partial charge is 0.399 e. The van der Waals surface area contributed by atoms with E-state index in [0.29, 0.717) is 12.2 Å². The van der Waals surface area contributed by atoms with Gasteiger partial charge in [-0.25, -0.2) is 8.42 Å². The van der Waals surface area contributed by atoms with Crippen LogP contribution in [0.5, 0.6) is 0 Å². The van der Waals surface area contributed by atoms with Gasteiger partial charge in [0.2, 0.25) is 0 Å². The molecule has 1 aromatic heterocycles. The van der Waals surface area contributed by atoms with Gasteiger partial charge in [0.1, 0.15) is 11.4 Å². The second-order valence-electron chi connectivity index (χ2n) is 9.22. The minimum absolute atomic E-state index is 0.0343. The van der Waals surface area contributed by atoms with Gasteiger partial charge in [0, 0.05) is 11.1 Å². The second-order valence-corrected chi connectivity index (χ2v) is 11.2. The number of anilines is 1. The molecule has 0 aliphatic carbocycles. The Balaban J connectivity index is 1.73. The van der Waals surface area contributed by atoms with Gasteiger partial charge in [-0.05, 0) is 40.6 Å². The Labute approximate surface area is 194 Å². The molecule has 1 heterocycles. The number of Topliss-reactive ketones (excluding diaryl/α,β-unsaturated/α-hetero) is 1. The number of sulfone groups is 1. The molecule has 7 heteroatoms. The van der Waals surface area contributed by atoms with E-state index in [0.717, 1.165) is 22.0 Å². The Bertz CT molecular complexity index is 1440. The van der Waals surface area contributed by atoms with Crippen LogP contribution >= 0.6 is 0 Å². The van der Waals surface area contributed by atoms with E-state index in [-0.39, 0.29) is 16.0 Å². The molecule has 4 rings (SSSR count). The summed E-state index contributed by atoms with van der Waals surface area (Å²) in [6, 6.07) is 21.7. The lowest BCUT2D eigenvalue weighted by atomic mass is 9.92. The minimum Gasteiger partial charge on any atom is -0.399 e. The first-order valence-electron chi connectivity index (χ1n) is 10.7. The molecule has 2 N–H and O–H groups in total. The van der Waals surface area contributed by atoms with E-state index in [9.17, 15) is 13.2 Å². The molecular formula is C26H27N3O3S. The zero-order valence-electron chi connectivity index (χ0n) is 18.9. The molecule has 0 aliphatic heterocycles. The van der Waals surface area contributed by atoms with E-state index in [4.69, 9.17) is 10.8 Å². The number of nitrogen functional groups attached to an aromatic ring is 1. The highest BCUT2D eigenvalue weighted by Gasteiger charge is 2.27. The van der Waals surface area contributed by atoms with E-state index in [2.05, 4.69) is 0 Å². The van der Waals surface area contributed by atoms with Gasteiger partial charge in [-0.3, -0.25) is 9.48 Å². The summed E-state index contributed by atoms with van der Waals surface area (Å²) in [6.45, 7) is 6.39. The molecule has 33 heavy (non-hydrogen) atoms. The second kappa shape index (κ2) is 8.48. The van der Waals surface area contributed by atoms with Gasteiger partial charge < -0.3 is 5.73 Å². The maximum Gasteiger partial charge on any atom is 0.196 e. The first-order valence-corrected chi connectivity index (χ1v) is 12.4. The molecule has 0 saturated heterocycles.